The third kappa shape index (κ3) is 4.62. The summed E-state index contributed by atoms with van der Waals surface area (Å²) in [5.41, 5.74) is 3.25. The second-order valence-electron chi connectivity index (χ2n) is 6.27. The number of nitrogens with zero attached hydrogens (tertiary/aromatic N) is 1. The van der Waals surface area contributed by atoms with E-state index >= 15 is 0 Å². The van der Waals surface area contributed by atoms with Crippen molar-refractivity contribution in [2.24, 2.45) is 0 Å². The van der Waals surface area contributed by atoms with Gasteiger partial charge in [0.25, 0.3) is 11.5 Å². The number of pyridine rings is 1. The fourth-order valence-corrected chi connectivity index (χ4v) is 3.37. The molecule has 2 aromatic heterocycles. The summed E-state index contributed by atoms with van der Waals surface area (Å²) < 4.78 is 5.79. The molecular weight excluding hydrogens is 362 g/mol. The largest absolute Gasteiger partial charge is 0.486 e. The van der Waals surface area contributed by atoms with Crippen molar-refractivity contribution >= 4 is 17.2 Å². The zero-order valence-corrected chi connectivity index (χ0v) is 16.3. The van der Waals surface area contributed by atoms with Gasteiger partial charge in [0.05, 0.1) is 16.3 Å². The Morgan fingerprint density at radius 2 is 2.04 bits per heavy atom. The van der Waals surface area contributed by atoms with Crippen LogP contribution in [0.4, 0.5) is 0 Å². The van der Waals surface area contributed by atoms with Crippen molar-refractivity contribution in [3.63, 3.8) is 0 Å². The normalized spacial score (nSPS) is 10.6. The minimum Gasteiger partial charge on any atom is -0.486 e. The maximum atomic E-state index is 12.6. The Kier molecular flexibility index (Phi) is 5.71. The summed E-state index contributed by atoms with van der Waals surface area (Å²) in [5.74, 6) is 0.189. The van der Waals surface area contributed by atoms with Crippen LogP contribution in [0.3, 0.4) is 0 Å². The van der Waals surface area contributed by atoms with Gasteiger partial charge < -0.3 is 15.0 Å². The maximum Gasteiger partial charge on any atom is 0.255 e. The number of hydrogen-bond donors (Lipinski definition) is 2. The van der Waals surface area contributed by atoms with Gasteiger partial charge in [-0.25, -0.2) is 4.98 Å². The molecule has 0 aliphatic carbocycles. The van der Waals surface area contributed by atoms with Crippen LogP contribution >= 0.6 is 11.3 Å². The van der Waals surface area contributed by atoms with E-state index in [0.29, 0.717) is 23.5 Å². The van der Waals surface area contributed by atoms with Gasteiger partial charge in [0, 0.05) is 23.2 Å². The molecule has 3 rings (SSSR count). The number of H-pyrrole nitrogens is 1. The zero-order valence-electron chi connectivity index (χ0n) is 15.5. The highest BCUT2D eigenvalue weighted by atomic mass is 32.1. The Balaban J connectivity index is 1.71. The van der Waals surface area contributed by atoms with E-state index in [4.69, 9.17) is 4.74 Å². The predicted octanol–water partition coefficient (Wildman–Crippen LogP) is 3.27. The first-order valence-electron chi connectivity index (χ1n) is 8.54. The molecule has 0 bridgehead atoms. The van der Waals surface area contributed by atoms with Gasteiger partial charge in [0.1, 0.15) is 12.4 Å². The number of hydrogen-bond acceptors (Lipinski definition) is 5. The first-order valence-corrected chi connectivity index (χ1v) is 9.42. The highest BCUT2D eigenvalue weighted by Gasteiger charge is 2.14. The maximum absolute atomic E-state index is 12.6. The number of thiazole rings is 1. The number of ether oxygens (including phenoxy) is 1. The Labute approximate surface area is 161 Å². The van der Waals surface area contributed by atoms with Gasteiger partial charge in [0.2, 0.25) is 0 Å². The van der Waals surface area contributed by atoms with Crippen molar-refractivity contribution in [1.29, 1.82) is 0 Å². The van der Waals surface area contributed by atoms with Crippen LogP contribution in [-0.4, -0.2) is 15.9 Å². The molecule has 0 spiro atoms. The first-order chi connectivity index (χ1) is 12.9. The Bertz CT molecular complexity index is 1020. The van der Waals surface area contributed by atoms with E-state index in [1.165, 1.54) is 0 Å². The van der Waals surface area contributed by atoms with Crippen molar-refractivity contribution in [1.82, 2.24) is 15.3 Å². The number of benzene rings is 1. The highest BCUT2D eigenvalue weighted by molar-refractivity contribution is 7.09. The molecule has 0 saturated carbocycles. The summed E-state index contributed by atoms with van der Waals surface area (Å²) in [6.45, 7) is 6.07. The van der Waals surface area contributed by atoms with Crippen molar-refractivity contribution in [2.75, 3.05) is 0 Å². The summed E-state index contributed by atoms with van der Waals surface area (Å²) in [4.78, 5) is 31.8. The molecule has 2 N–H and O–H groups in total. The Hall–Kier alpha value is -2.93. The molecule has 3 aromatic rings. The molecule has 2 heterocycles. The smallest absolute Gasteiger partial charge is 0.255 e. The summed E-state index contributed by atoms with van der Waals surface area (Å²) in [5, 5.41) is 5.71. The SMILES string of the molecule is Cc1cc(C)c(CNC(=O)c2ccccc2OCc2csc(C)n2)c(=O)[nH]1. The third-order valence-electron chi connectivity index (χ3n) is 4.09. The van der Waals surface area contributed by atoms with Crippen LogP contribution in [0.5, 0.6) is 5.75 Å². The minimum absolute atomic E-state index is 0.153. The molecule has 1 amide bonds. The molecule has 0 atom stereocenters. The molecule has 7 heteroatoms. The molecule has 1 aromatic carbocycles. The van der Waals surface area contributed by atoms with E-state index in [0.717, 1.165) is 22.0 Å². The number of carbonyl (C=O) groups is 1. The van der Waals surface area contributed by atoms with Crippen molar-refractivity contribution in [3.8, 4) is 5.75 Å². The number of aromatic nitrogens is 2. The molecule has 0 radical (unpaired) electrons. The van der Waals surface area contributed by atoms with Gasteiger partial charge in [-0.05, 0) is 44.5 Å². The topological polar surface area (TPSA) is 84.1 Å². The molecule has 6 nitrogen and oxygen atoms in total. The monoisotopic (exact) mass is 383 g/mol. The average Bonchev–Trinajstić information content (AvgIpc) is 3.04. The van der Waals surface area contributed by atoms with E-state index in [1.807, 2.05) is 38.3 Å². The van der Waals surface area contributed by atoms with Crippen LogP contribution in [0.25, 0.3) is 0 Å². The standard InChI is InChI=1S/C20H21N3O3S/c1-12-8-13(2)22-20(25)17(12)9-21-19(24)16-6-4-5-7-18(16)26-10-15-11-27-14(3)23-15/h4-8,11H,9-10H2,1-3H3,(H,21,24)(H,22,25). The number of rotatable bonds is 6. The zero-order chi connectivity index (χ0) is 19.4. The lowest BCUT2D eigenvalue weighted by molar-refractivity contribution is 0.0946. The van der Waals surface area contributed by atoms with Crippen molar-refractivity contribution in [2.45, 2.75) is 33.9 Å². The summed E-state index contributed by atoms with van der Waals surface area (Å²) in [7, 11) is 0. The molecule has 0 saturated heterocycles. The molecule has 27 heavy (non-hydrogen) atoms. The van der Waals surface area contributed by atoms with Crippen molar-refractivity contribution < 1.29 is 9.53 Å². The van der Waals surface area contributed by atoms with Gasteiger partial charge in [-0.15, -0.1) is 11.3 Å². The third-order valence-corrected chi connectivity index (χ3v) is 4.92. The van der Waals surface area contributed by atoms with Crippen LogP contribution in [0.2, 0.25) is 0 Å². The molecule has 0 fully saturated rings. The van der Waals surface area contributed by atoms with Gasteiger partial charge >= 0.3 is 0 Å². The fourth-order valence-electron chi connectivity index (χ4n) is 2.77. The van der Waals surface area contributed by atoms with E-state index in [-0.39, 0.29) is 18.0 Å². The summed E-state index contributed by atoms with van der Waals surface area (Å²) >= 11 is 1.56. The lowest BCUT2D eigenvalue weighted by Gasteiger charge is -2.12. The van der Waals surface area contributed by atoms with Crippen LogP contribution in [0, 0.1) is 20.8 Å². The fraction of sp³-hybridized carbons (Fsp3) is 0.250. The number of carbonyl (C=O) groups excluding carboxylic acids is 1. The number of nitrogens with one attached hydrogen (secondary N) is 2. The number of amides is 1. The predicted molar refractivity (Wildman–Crippen MR) is 105 cm³/mol. The Morgan fingerprint density at radius 1 is 1.26 bits per heavy atom. The van der Waals surface area contributed by atoms with Gasteiger partial charge in [-0.3, -0.25) is 9.59 Å². The van der Waals surface area contributed by atoms with Crippen LogP contribution in [0.1, 0.15) is 37.9 Å². The average molecular weight is 383 g/mol. The van der Waals surface area contributed by atoms with Crippen LogP contribution in [0.15, 0.2) is 40.5 Å². The summed E-state index contributed by atoms with van der Waals surface area (Å²) in [6, 6.07) is 8.92. The first kappa shape index (κ1) is 18.8. The second-order valence-corrected chi connectivity index (χ2v) is 7.33. The summed E-state index contributed by atoms with van der Waals surface area (Å²) in [6.07, 6.45) is 0. The van der Waals surface area contributed by atoms with E-state index in [1.54, 1.807) is 29.5 Å². The lowest BCUT2D eigenvalue weighted by atomic mass is 10.1. The van der Waals surface area contributed by atoms with Crippen LogP contribution < -0.4 is 15.6 Å². The molecule has 0 unspecified atom stereocenters. The van der Waals surface area contributed by atoms with Gasteiger partial charge in [0.15, 0.2) is 0 Å². The number of aryl methyl sites for hydroxylation is 3. The Morgan fingerprint density at radius 3 is 2.74 bits per heavy atom. The van der Waals surface area contributed by atoms with Crippen molar-refractivity contribution in [3.05, 3.63) is 79.2 Å². The van der Waals surface area contributed by atoms with Crippen LogP contribution in [-0.2, 0) is 13.2 Å². The van der Waals surface area contributed by atoms with E-state index < -0.39 is 0 Å². The second kappa shape index (κ2) is 8.18. The van der Waals surface area contributed by atoms with Gasteiger partial charge in [-0.1, -0.05) is 12.1 Å². The van der Waals surface area contributed by atoms with E-state index in [2.05, 4.69) is 15.3 Å². The highest BCUT2D eigenvalue weighted by Crippen LogP contribution is 2.20. The molecule has 0 aliphatic rings. The number of aromatic amines is 1. The molecule has 140 valence electrons. The van der Waals surface area contributed by atoms with Gasteiger partial charge in [-0.2, -0.15) is 0 Å². The minimum atomic E-state index is -0.292. The molecule has 0 aliphatic heterocycles. The molecular formula is C20H21N3O3S. The lowest BCUT2D eigenvalue weighted by Crippen LogP contribution is -2.28. The quantitative estimate of drug-likeness (QED) is 0.684. The number of para-hydroxylation sites is 1. The van der Waals surface area contributed by atoms with E-state index in [9.17, 15) is 9.59 Å².